The van der Waals surface area contributed by atoms with Gasteiger partial charge in [-0.05, 0) is 12.8 Å². The summed E-state index contributed by atoms with van der Waals surface area (Å²) in [4.78, 5) is 0. The molecule has 0 radical (unpaired) electrons. The monoisotopic (exact) mass is 201 g/mol. The van der Waals surface area contributed by atoms with Crippen molar-refractivity contribution in [1.82, 2.24) is 4.31 Å². The van der Waals surface area contributed by atoms with Crippen LogP contribution < -0.4 is 0 Å². The standard InChI is InChI=1S/C9H15NO2S/c1-3-6-9(4-2)10-7-5-8-13(10,11)12/h2,9H,3,5-8H2,1H3. The van der Waals surface area contributed by atoms with Crippen LogP contribution in [-0.2, 0) is 10.0 Å². The van der Waals surface area contributed by atoms with Gasteiger partial charge in [-0.15, -0.1) is 6.42 Å². The highest BCUT2D eigenvalue weighted by Gasteiger charge is 2.32. The van der Waals surface area contributed by atoms with Gasteiger partial charge in [-0.2, -0.15) is 4.31 Å². The minimum atomic E-state index is -3.03. The largest absolute Gasteiger partial charge is 0.215 e. The molecule has 4 heteroatoms. The van der Waals surface area contributed by atoms with Crippen molar-refractivity contribution < 1.29 is 8.42 Å². The van der Waals surface area contributed by atoms with Crippen LogP contribution in [0.2, 0.25) is 0 Å². The molecule has 1 saturated heterocycles. The van der Waals surface area contributed by atoms with E-state index in [9.17, 15) is 8.42 Å². The van der Waals surface area contributed by atoms with Crippen molar-refractivity contribution in [3.8, 4) is 12.3 Å². The smallest absolute Gasteiger partial charge is 0.212 e. The Morgan fingerprint density at radius 2 is 2.31 bits per heavy atom. The van der Waals surface area contributed by atoms with E-state index in [-0.39, 0.29) is 11.8 Å². The molecule has 0 aliphatic carbocycles. The molecule has 0 bridgehead atoms. The third kappa shape index (κ3) is 2.23. The first-order valence-electron chi connectivity index (χ1n) is 4.57. The highest BCUT2D eigenvalue weighted by Crippen LogP contribution is 2.19. The molecule has 0 aromatic carbocycles. The first kappa shape index (κ1) is 10.6. The van der Waals surface area contributed by atoms with Gasteiger partial charge in [0.05, 0.1) is 11.8 Å². The highest BCUT2D eigenvalue weighted by atomic mass is 32.2. The number of terminal acetylenes is 1. The third-order valence-electron chi connectivity index (χ3n) is 2.24. The Morgan fingerprint density at radius 1 is 1.62 bits per heavy atom. The van der Waals surface area contributed by atoms with Crippen LogP contribution in [0.5, 0.6) is 0 Å². The van der Waals surface area contributed by atoms with Gasteiger partial charge in [-0.3, -0.25) is 0 Å². The maximum absolute atomic E-state index is 11.5. The Hall–Kier alpha value is -0.530. The summed E-state index contributed by atoms with van der Waals surface area (Å²) >= 11 is 0. The summed E-state index contributed by atoms with van der Waals surface area (Å²) in [7, 11) is -3.03. The Kier molecular flexibility index (Phi) is 3.34. The predicted octanol–water partition coefficient (Wildman–Crippen LogP) is 0.824. The van der Waals surface area contributed by atoms with E-state index in [2.05, 4.69) is 5.92 Å². The summed E-state index contributed by atoms with van der Waals surface area (Å²) in [5, 5.41) is 0. The molecule has 1 unspecified atom stereocenters. The van der Waals surface area contributed by atoms with Crippen molar-refractivity contribution in [3.63, 3.8) is 0 Å². The van der Waals surface area contributed by atoms with E-state index in [0.717, 1.165) is 12.8 Å². The van der Waals surface area contributed by atoms with E-state index in [4.69, 9.17) is 6.42 Å². The molecular formula is C9H15NO2S. The minimum absolute atomic E-state index is 0.225. The fraction of sp³-hybridized carbons (Fsp3) is 0.778. The fourth-order valence-electron chi connectivity index (χ4n) is 1.59. The topological polar surface area (TPSA) is 37.4 Å². The van der Waals surface area contributed by atoms with Crippen LogP contribution in [0.15, 0.2) is 0 Å². The van der Waals surface area contributed by atoms with Gasteiger partial charge >= 0.3 is 0 Å². The van der Waals surface area contributed by atoms with Crippen molar-refractivity contribution in [1.29, 1.82) is 0 Å². The molecule has 1 fully saturated rings. The normalized spacial score (nSPS) is 24.0. The second kappa shape index (κ2) is 4.12. The summed E-state index contributed by atoms with van der Waals surface area (Å²) in [6, 6.07) is -0.225. The zero-order chi connectivity index (χ0) is 9.90. The quantitative estimate of drug-likeness (QED) is 0.634. The zero-order valence-corrected chi connectivity index (χ0v) is 8.68. The molecule has 1 aliphatic rings. The molecule has 13 heavy (non-hydrogen) atoms. The number of hydrogen-bond donors (Lipinski definition) is 0. The second-order valence-electron chi connectivity index (χ2n) is 3.25. The summed E-state index contributed by atoms with van der Waals surface area (Å²) in [5.41, 5.74) is 0. The summed E-state index contributed by atoms with van der Waals surface area (Å²) < 4.78 is 24.4. The Balaban J connectivity index is 2.76. The van der Waals surface area contributed by atoms with Crippen LogP contribution in [0.25, 0.3) is 0 Å². The molecule has 1 rings (SSSR count). The molecule has 74 valence electrons. The summed E-state index contributed by atoms with van der Waals surface area (Å²) in [5.74, 6) is 2.81. The van der Waals surface area contributed by atoms with Gasteiger partial charge in [0.2, 0.25) is 10.0 Å². The molecule has 1 aliphatic heterocycles. The van der Waals surface area contributed by atoms with Gasteiger partial charge in [-0.25, -0.2) is 8.42 Å². The average molecular weight is 201 g/mol. The van der Waals surface area contributed by atoms with Crippen molar-refractivity contribution >= 4 is 10.0 Å². The number of hydrogen-bond acceptors (Lipinski definition) is 2. The third-order valence-corrected chi connectivity index (χ3v) is 4.20. The predicted molar refractivity (Wildman–Crippen MR) is 52.6 cm³/mol. The van der Waals surface area contributed by atoms with Crippen molar-refractivity contribution in [3.05, 3.63) is 0 Å². The van der Waals surface area contributed by atoms with E-state index in [0.29, 0.717) is 13.0 Å². The van der Waals surface area contributed by atoms with E-state index in [1.54, 1.807) is 0 Å². The molecule has 0 aromatic heterocycles. The van der Waals surface area contributed by atoms with Crippen molar-refractivity contribution in [2.45, 2.75) is 32.2 Å². The van der Waals surface area contributed by atoms with Crippen molar-refractivity contribution in [2.24, 2.45) is 0 Å². The SMILES string of the molecule is C#CC(CCC)N1CCCS1(=O)=O. The maximum atomic E-state index is 11.5. The number of rotatable bonds is 3. The lowest BCUT2D eigenvalue weighted by Gasteiger charge is -2.20. The van der Waals surface area contributed by atoms with E-state index >= 15 is 0 Å². The average Bonchev–Trinajstić information content (AvgIpc) is 2.41. The van der Waals surface area contributed by atoms with Crippen LogP contribution >= 0.6 is 0 Å². The summed E-state index contributed by atoms with van der Waals surface area (Å²) in [6.45, 7) is 2.60. The number of sulfonamides is 1. The molecular weight excluding hydrogens is 186 g/mol. The van der Waals surface area contributed by atoms with Gasteiger partial charge in [0.15, 0.2) is 0 Å². The Bertz CT molecular complexity index is 302. The van der Waals surface area contributed by atoms with E-state index < -0.39 is 10.0 Å². The molecule has 1 heterocycles. The maximum Gasteiger partial charge on any atom is 0.215 e. The Morgan fingerprint density at radius 3 is 2.69 bits per heavy atom. The van der Waals surface area contributed by atoms with Gasteiger partial charge in [0, 0.05) is 6.54 Å². The molecule has 0 amide bonds. The van der Waals surface area contributed by atoms with Gasteiger partial charge in [0.25, 0.3) is 0 Å². The first-order chi connectivity index (χ1) is 6.11. The molecule has 0 spiro atoms. The lowest BCUT2D eigenvalue weighted by molar-refractivity contribution is 0.379. The molecule has 0 aromatic rings. The molecule has 0 N–H and O–H groups in total. The summed E-state index contributed by atoms with van der Waals surface area (Å²) in [6.07, 6.45) is 7.69. The molecule has 0 saturated carbocycles. The fourth-order valence-corrected chi connectivity index (χ4v) is 3.28. The van der Waals surface area contributed by atoms with Crippen LogP contribution in [0.1, 0.15) is 26.2 Å². The lowest BCUT2D eigenvalue weighted by Crippen LogP contribution is -2.35. The highest BCUT2D eigenvalue weighted by molar-refractivity contribution is 7.89. The van der Waals surface area contributed by atoms with E-state index in [1.165, 1.54) is 4.31 Å². The lowest BCUT2D eigenvalue weighted by atomic mass is 10.2. The minimum Gasteiger partial charge on any atom is -0.212 e. The van der Waals surface area contributed by atoms with Crippen LogP contribution in [0, 0.1) is 12.3 Å². The van der Waals surface area contributed by atoms with Crippen LogP contribution in [0.3, 0.4) is 0 Å². The second-order valence-corrected chi connectivity index (χ2v) is 5.29. The van der Waals surface area contributed by atoms with Crippen molar-refractivity contribution in [2.75, 3.05) is 12.3 Å². The van der Waals surface area contributed by atoms with Gasteiger partial charge in [-0.1, -0.05) is 19.3 Å². The van der Waals surface area contributed by atoms with Gasteiger partial charge in [0.1, 0.15) is 0 Å². The Labute approximate surface area is 80.2 Å². The first-order valence-corrected chi connectivity index (χ1v) is 6.18. The van der Waals surface area contributed by atoms with Gasteiger partial charge < -0.3 is 0 Å². The molecule has 1 atom stereocenters. The van der Waals surface area contributed by atoms with Crippen LogP contribution in [0.4, 0.5) is 0 Å². The van der Waals surface area contributed by atoms with E-state index in [1.807, 2.05) is 6.92 Å². The van der Waals surface area contributed by atoms with Crippen LogP contribution in [-0.4, -0.2) is 31.1 Å². The molecule has 3 nitrogen and oxygen atoms in total. The zero-order valence-electron chi connectivity index (χ0n) is 7.86. The number of nitrogens with zero attached hydrogens (tertiary/aromatic N) is 1.